The minimum absolute atomic E-state index is 0.0230. The number of carbonyl (C=O) groups is 1. The highest BCUT2D eigenvalue weighted by atomic mass is 16.5. The molecule has 2 atom stereocenters. The highest BCUT2D eigenvalue weighted by Crippen LogP contribution is 2.26. The summed E-state index contributed by atoms with van der Waals surface area (Å²) in [5.41, 5.74) is 0. The van der Waals surface area contributed by atoms with Gasteiger partial charge < -0.3 is 20.1 Å². The highest BCUT2D eigenvalue weighted by Gasteiger charge is 2.14. The van der Waals surface area contributed by atoms with Gasteiger partial charge in [-0.05, 0) is 26.1 Å². The van der Waals surface area contributed by atoms with Crippen LogP contribution in [0.2, 0.25) is 0 Å². The molecule has 0 aromatic heterocycles. The number of benzene rings is 1. The van der Waals surface area contributed by atoms with Crippen molar-refractivity contribution >= 4 is 5.91 Å². The Morgan fingerprint density at radius 3 is 2.45 bits per heavy atom. The van der Waals surface area contributed by atoms with E-state index in [0.717, 1.165) is 0 Å². The Hall–Kier alpha value is -1.75. The van der Waals surface area contributed by atoms with E-state index in [1.807, 2.05) is 45.2 Å². The molecule has 112 valence electrons. The van der Waals surface area contributed by atoms with Gasteiger partial charge in [-0.15, -0.1) is 0 Å². The maximum atomic E-state index is 11.8. The van der Waals surface area contributed by atoms with Gasteiger partial charge >= 0.3 is 0 Å². The Morgan fingerprint density at radius 1 is 1.20 bits per heavy atom. The quantitative estimate of drug-likeness (QED) is 0.756. The summed E-state index contributed by atoms with van der Waals surface area (Å²) in [6.45, 7) is 4.92. The molecule has 0 radical (unpaired) electrons. The smallest absolute Gasteiger partial charge is 0.224 e. The van der Waals surface area contributed by atoms with Gasteiger partial charge in [0.1, 0.15) is 6.10 Å². The second-order valence-corrected chi connectivity index (χ2v) is 4.78. The van der Waals surface area contributed by atoms with Crippen molar-refractivity contribution in [3.63, 3.8) is 0 Å². The summed E-state index contributed by atoms with van der Waals surface area (Å²) in [6.07, 6.45) is -0.128. The number of nitrogens with one attached hydrogen (secondary N) is 2. The van der Waals surface area contributed by atoms with Crippen LogP contribution in [0, 0.1) is 5.92 Å². The normalized spacial score (nSPS) is 13.4. The summed E-state index contributed by atoms with van der Waals surface area (Å²) in [7, 11) is 3.44. The second kappa shape index (κ2) is 8.43. The Bertz CT molecular complexity index is 423. The maximum Gasteiger partial charge on any atom is 0.224 e. The van der Waals surface area contributed by atoms with Crippen LogP contribution >= 0.6 is 0 Å². The topological polar surface area (TPSA) is 59.6 Å². The summed E-state index contributed by atoms with van der Waals surface area (Å²) in [6, 6.07) is 7.46. The van der Waals surface area contributed by atoms with Crippen molar-refractivity contribution in [2.24, 2.45) is 5.92 Å². The monoisotopic (exact) mass is 280 g/mol. The Morgan fingerprint density at radius 2 is 1.85 bits per heavy atom. The fraction of sp³-hybridized carbons (Fsp3) is 0.533. The largest absolute Gasteiger partial charge is 0.493 e. The van der Waals surface area contributed by atoms with Crippen LogP contribution in [0.25, 0.3) is 0 Å². The van der Waals surface area contributed by atoms with Crippen LogP contribution in [-0.4, -0.2) is 39.3 Å². The fourth-order valence-electron chi connectivity index (χ4n) is 1.79. The lowest BCUT2D eigenvalue weighted by Crippen LogP contribution is -2.39. The SMILES string of the molecule is CNCC(C)C(=O)NCC(C)Oc1ccccc1OC. The molecule has 0 heterocycles. The molecule has 2 unspecified atom stereocenters. The van der Waals surface area contributed by atoms with Crippen LogP contribution in [0.5, 0.6) is 11.5 Å². The Balaban J connectivity index is 2.44. The number of rotatable bonds is 8. The molecule has 0 fully saturated rings. The number of carbonyl (C=O) groups excluding carboxylic acids is 1. The van der Waals surface area contributed by atoms with Crippen LogP contribution in [0.1, 0.15) is 13.8 Å². The van der Waals surface area contributed by atoms with Gasteiger partial charge in [0, 0.05) is 12.5 Å². The molecule has 5 heteroatoms. The third-order valence-corrected chi connectivity index (χ3v) is 2.92. The number of methoxy groups -OCH3 is 1. The van der Waals surface area contributed by atoms with Crippen molar-refractivity contribution in [1.29, 1.82) is 0 Å². The van der Waals surface area contributed by atoms with E-state index in [1.165, 1.54) is 0 Å². The zero-order chi connectivity index (χ0) is 15.0. The Kier molecular flexibility index (Phi) is 6.87. The van der Waals surface area contributed by atoms with E-state index in [9.17, 15) is 4.79 Å². The molecule has 1 aromatic carbocycles. The van der Waals surface area contributed by atoms with E-state index in [1.54, 1.807) is 7.11 Å². The van der Waals surface area contributed by atoms with E-state index in [2.05, 4.69) is 10.6 Å². The molecule has 0 saturated carbocycles. The number of para-hydroxylation sites is 2. The van der Waals surface area contributed by atoms with Gasteiger partial charge in [0.15, 0.2) is 11.5 Å². The fourth-order valence-corrected chi connectivity index (χ4v) is 1.79. The first-order valence-electron chi connectivity index (χ1n) is 6.80. The van der Waals surface area contributed by atoms with Crippen molar-refractivity contribution in [3.05, 3.63) is 24.3 Å². The summed E-state index contributed by atoms with van der Waals surface area (Å²) in [4.78, 5) is 11.8. The molecule has 1 amide bonds. The lowest BCUT2D eigenvalue weighted by atomic mass is 10.1. The molecule has 20 heavy (non-hydrogen) atoms. The molecular formula is C15H24N2O3. The predicted octanol–water partition coefficient (Wildman–Crippen LogP) is 1.43. The predicted molar refractivity (Wildman–Crippen MR) is 79.2 cm³/mol. The number of amides is 1. The maximum absolute atomic E-state index is 11.8. The standard InChI is InChI=1S/C15H24N2O3/c1-11(9-16-3)15(18)17-10-12(2)20-14-8-6-5-7-13(14)19-4/h5-8,11-12,16H,9-10H2,1-4H3,(H,17,18). The first kappa shape index (κ1) is 16.3. The average Bonchev–Trinajstić information content (AvgIpc) is 2.45. The molecule has 1 rings (SSSR count). The van der Waals surface area contributed by atoms with Crippen molar-refractivity contribution < 1.29 is 14.3 Å². The van der Waals surface area contributed by atoms with E-state index >= 15 is 0 Å². The third kappa shape index (κ3) is 5.09. The molecule has 0 aliphatic rings. The molecule has 0 spiro atoms. The second-order valence-electron chi connectivity index (χ2n) is 4.78. The number of ether oxygens (including phenoxy) is 2. The van der Waals surface area contributed by atoms with Crippen LogP contribution in [-0.2, 0) is 4.79 Å². The number of hydrogen-bond donors (Lipinski definition) is 2. The molecule has 1 aromatic rings. The summed E-state index contributed by atoms with van der Waals surface area (Å²) in [5.74, 6) is 1.34. The lowest BCUT2D eigenvalue weighted by molar-refractivity contribution is -0.124. The number of hydrogen-bond acceptors (Lipinski definition) is 4. The van der Waals surface area contributed by atoms with Gasteiger partial charge in [0.2, 0.25) is 5.91 Å². The molecular weight excluding hydrogens is 256 g/mol. The summed E-state index contributed by atoms with van der Waals surface area (Å²) >= 11 is 0. The molecule has 0 aliphatic heterocycles. The molecule has 0 saturated heterocycles. The van der Waals surface area contributed by atoms with Gasteiger partial charge in [-0.1, -0.05) is 19.1 Å². The van der Waals surface area contributed by atoms with Crippen LogP contribution in [0.4, 0.5) is 0 Å². The third-order valence-electron chi connectivity index (χ3n) is 2.92. The van der Waals surface area contributed by atoms with E-state index < -0.39 is 0 Å². The zero-order valence-electron chi connectivity index (χ0n) is 12.6. The van der Waals surface area contributed by atoms with Crippen LogP contribution < -0.4 is 20.1 Å². The zero-order valence-corrected chi connectivity index (χ0v) is 12.6. The van der Waals surface area contributed by atoms with Crippen molar-refractivity contribution in [2.45, 2.75) is 20.0 Å². The molecule has 0 bridgehead atoms. The average molecular weight is 280 g/mol. The van der Waals surface area contributed by atoms with Gasteiger partial charge in [-0.3, -0.25) is 4.79 Å². The van der Waals surface area contributed by atoms with E-state index in [-0.39, 0.29) is 17.9 Å². The minimum atomic E-state index is -0.128. The van der Waals surface area contributed by atoms with Gasteiger partial charge in [0.25, 0.3) is 0 Å². The van der Waals surface area contributed by atoms with Crippen molar-refractivity contribution in [2.75, 3.05) is 27.2 Å². The molecule has 5 nitrogen and oxygen atoms in total. The van der Waals surface area contributed by atoms with Crippen molar-refractivity contribution in [3.8, 4) is 11.5 Å². The van der Waals surface area contributed by atoms with Gasteiger partial charge in [-0.25, -0.2) is 0 Å². The Labute approximate surface area is 120 Å². The van der Waals surface area contributed by atoms with Gasteiger partial charge in [0.05, 0.1) is 13.7 Å². The first-order chi connectivity index (χ1) is 9.58. The lowest BCUT2D eigenvalue weighted by Gasteiger charge is -2.18. The molecule has 0 aliphatic carbocycles. The summed E-state index contributed by atoms with van der Waals surface area (Å²) < 4.78 is 11.0. The first-order valence-corrected chi connectivity index (χ1v) is 6.80. The van der Waals surface area contributed by atoms with E-state index in [4.69, 9.17) is 9.47 Å². The van der Waals surface area contributed by atoms with Crippen molar-refractivity contribution in [1.82, 2.24) is 10.6 Å². The van der Waals surface area contributed by atoms with E-state index in [0.29, 0.717) is 24.6 Å². The van der Waals surface area contributed by atoms with Crippen LogP contribution in [0.15, 0.2) is 24.3 Å². The van der Waals surface area contributed by atoms with Crippen LogP contribution in [0.3, 0.4) is 0 Å². The minimum Gasteiger partial charge on any atom is -0.493 e. The van der Waals surface area contributed by atoms with Gasteiger partial charge in [-0.2, -0.15) is 0 Å². The highest BCUT2D eigenvalue weighted by molar-refractivity contribution is 5.78. The summed E-state index contributed by atoms with van der Waals surface area (Å²) in [5, 5.41) is 5.86. The molecule has 2 N–H and O–H groups in total.